The van der Waals surface area contributed by atoms with Crippen LogP contribution >= 0.6 is 23.1 Å². The second-order valence-corrected chi connectivity index (χ2v) is 7.20. The van der Waals surface area contributed by atoms with E-state index in [9.17, 15) is 4.79 Å². The molecule has 0 aromatic carbocycles. The molecular weight excluding hydrogens is 294 g/mol. The Bertz CT molecular complexity index is 635. The van der Waals surface area contributed by atoms with Crippen LogP contribution in [-0.2, 0) is 4.79 Å². The molecule has 0 aliphatic heterocycles. The third-order valence-corrected chi connectivity index (χ3v) is 5.46. The van der Waals surface area contributed by atoms with E-state index in [1.165, 1.54) is 11.8 Å². The fourth-order valence-electron chi connectivity index (χ4n) is 2.28. The molecule has 1 unspecified atom stereocenters. The lowest BCUT2D eigenvalue weighted by molar-refractivity contribution is -0.119. The molecule has 0 bridgehead atoms. The molecule has 7 heteroatoms. The van der Waals surface area contributed by atoms with Crippen molar-refractivity contribution in [1.29, 1.82) is 0 Å². The summed E-state index contributed by atoms with van der Waals surface area (Å²) in [6.07, 6.45) is 3.67. The number of aryl methyl sites for hydroxylation is 2. The molecule has 0 saturated heterocycles. The van der Waals surface area contributed by atoms with Crippen molar-refractivity contribution >= 4 is 28.9 Å². The Balaban J connectivity index is 1.77. The number of ketones is 1. The van der Waals surface area contributed by atoms with Gasteiger partial charge >= 0.3 is 0 Å². The van der Waals surface area contributed by atoms with E-state index in [-0.39, 0.29) is 5.25 Å². The fourth-order valence-corrected chi connectivity index (χ4v) is 4.11. The minimum atomic E-state index is -0.0265. The Morgan fingerprint density at radius 1 is 1.30 bits per heavy atom. The van der Waals surface area contributed by atoms with E-state index in [1.807, 2.05) is 13.8 Å². The summed E-state index contributed by atoms with van der Waals surface area (Å²) in [5.74, 6) is 0.796. The normalized spacial score (nSPS) is 19.5. The number of hydrogen-bond acceptors (Lipinski definition) is 7. The molecular formula is C13H15N3O2S2. The third kappa shape index (κ3) is 2.78. The molecule has 5 nitrogen and oxygen atoms in total. The monoisotopic (exact) mass is 309 g/mol. The number of rotatable bonds is 3. The lowest BCUT2D eigenvalue weighted by Gasteiger charge is -2.17. The van der Waals surface area contributed by atoms with E-state index in [2.05, 4.69) is 15.2 Å². The van der Waals surface area contributed by atoms with Crippen LogP contribution in [0, 0.1) is 13.8 Å². The van der Waals surface area contributed by atoms with Crippen LogP contribution in [0.5, 0.6) is 0 Å². The van der Waals surface area contributed by atoms with Crippen LogP contribution < -0.4 is 0 Å². The van der Waals surface area contributed by atoms with Gasteiger partial charge in [0.25, 0.3) is 11.1 Å². The average Bonchev–Trinajstić information content (AvgIpc) is 2.99. The highest BCUT2D eigenvalue weighted by Crippen LogP contribution is 2.34. The highest BCUT2D eigenvalue weighted by molar-refractivity contribution is 8.00. The number of carbonyl (C=O) groups is 1. The second kappa shape index (κ2) is 5.65. The van der Waals surface area contributed by atoms with Gasteiger partial charge in [-0.25, -0.2) is 4.98 Å². The lowest BCUT2D eigenvalue weighted by atomic mass is 9.99. The minimum Gasteiger partial charge on any atom is -0.410 e. The number of Topliss-reactive ketones (excluding diaryl/α,β-unsaturated/α-hetero) is 1. The standard InChI is InChI=1S/C13H15N3O2S2/c1-7-11(19-8(2)14-7)12-15-16-13(18-12)20-10-6-4-3-5-9(10)17/h10H,3-6H2,1-2H3. The summed E-state index contributed by atoms with van der Waals surface area (Å²) in [4.78, 5) is 17.1. The number of nitrogens with zero attached hydrogens (tertiary/aromatic N) is 3. The predicted octanol–water partition coefficient (Wildman–Crippen LogP) is 3.41. The summed E-state index contributed by atoms with van der Waals surface area (Å²) >= 11 is 2.94. The van der Waals surface area contributed by atoms with Crippen LogP contribution in [0.3, 0.4) is 0 Å². The summed E-state index contributed by atoms with van der Waals surface area (Å²) in [5.41, 5.74) is 0.904. The Labute approximate surface area is 125 Å². The van der Waals surface area contributed by atoms with E-state index in [4.69, 9.17) is 4.42 Å². The van der Waals surface area contributed by atoms with Crippen molar-refractivity contribution in [1.82, 2.24) is 15.2 Å². The first-order chi connectivity index (χ1) is 9.63. The van der Waals surface area contributed by atoms with Crippen molar-refractivity contribution in [2.24, 2.45) is 0 Å². The Kier molecular flexibility index (Phi) is 3.89. The van der Waals surface area contributed by atoms with Gasteiger partial charge in [0.2, 0.25) is 0 Å². The SMILES string of the molecule is Cc1nc(C)c(-c2nnc(SC3CCCCC3=O)o2)s1. The van der Waals surface area contributed by atoms with Crippen molar-refractivity contribution in [2.75, 3.05) is 0 Å². The number of thiazole rings is 1. The zero-order valence-electron chi connectivity index (χ0n) is 11.4. The van der Waals surface area contributed by atoms with Gasteiger partial charge in [-0.05, 0) is 26.7 Å². The van der Waals surface area contributed by atoms with Gasteiger partial charge in [0.05, 0.1) is 16.0 Å². The van der Waals surface area contributed by atoms with E-state index in [0.29, 0.717) is 23.3 Å². The van der Waals surface area contributed by atoms with Crippen LogP contribution in [0.15, 0.2) is 9.64 Å². The van der Waals surface area contributed by atoms with Gasteiger partial charge in [-0.2, -0.15) is 0 Å². The van der Waals surface area contributed by atoms with Crippen molar-refractivity contribution in [3.63, 3.8) is 0 Å². The molecule has 1 atom stereocenters. The Morgan fingerprint density at radius 2 is 2.15 bits per heavy atom. The van der Waals surface area contributed by atoms with E-state index in [1.54, 1.807) is 11.3 Å². The van der Waals surface area contributed by atoms with Crippen molar-refractivity contribution in [3.05, 3.63) is 10.7 Å². The highest BCUT2D eigenvalue weighted by Gasteiger charge is 2.26. The molecule has 1 aliphatic rings. The van der Waals surface area contributed by atoms with Gasteiger partial charge in [-0.3, -0.25) is 4.79 Å². The van der Waals surface area contributed by atoms with E-state index >= 15 is 0 Å². The quantitative estimate of drug-likeness (QED) is 0.865. The molecule has 1 fully saturated rings. The summed E-state index contributed by atoms with van der Waals surface area (Å²) in [6, 6.07) is 0. The molecule has 20 heavy (non-hydrogen) atoms. The third-order valence-electron chi connectivity index (χ3n) is 3.25. The molecule has 0 N–H and O–H groups in total. The predicted molar refractivity (Wildman–Crippen MR) is 78.0 cm³/mol. The molecule has 0 amide bonds. The second-order valence-electron chi connectivity index (χ2n) is 4.84. The smallest absolute Gasteiger partial charge is 0.277 e. The average molecular weight is 309 g/mol. The molecule has 2 aromatic rings. The zero-order valence-corrected chi connectivity index (χ0v) is 13.0. The van der Waals surface area contributed by atoms with E-state index in [0.717, 1.165) is 34.8 Å². The van der Waals surface area contributed by atoms with Gasteiger partial charge in [0.15, 0.2) is 0 Å². The first kappa shape index (κ1) is 13.8. The first-order valence-electron chi connectivity index (χ1n) is 6.61. The Hall–Kier alpha value is -1.21. The van der Waals surface area contributed by atoms with Crippen LogP contribution in [0.1, 0.15) is 36.4 Å². The highest BCUT2D eigenvalue weighted by atomic mass is 32.2. The van der Waals surface area contributed by atoms with Crippen LogP contribution in [-0.4, -0.2) is 26.2 Å². The van der Waals surface area contributed by atoms with Gasteiger partial charge < -0.3 is 4.42 Å². The van der Waals surface area contributed by atoms with Crippen LogP contribution in [0.25, 0.3) is 10.8 Å². The number of carbonyl (C=O) groups excluding carboxylic acids is 1. The molecule has 0 spiro atoms. The van der Waals surface area contributed by atoms with Gasteiger partial charge in [-0.15, -0.1) is 21.5 Å². The molecule has 0 radical (unpaired) electrons. The molecule has 1 aliphatic carbocycles. The first-order valence-corrected chi connectivity index (χ1v) is 8.30. The summed E-state index contributed by atoms with van der Waals surface area (Å²) in [6.45, 7) is 3.88. The maximum Gasteiger partial charge on any atom is 0.277 e. The molecule has 2 heterocycles. The topological polar surface area (TPSA) is 68.9 Å². The number of hydrogen-bond donors (Lipinski definition) is 0. The maximum atomic E-state index is 11.8. The van der Waals surface area contributed by atoms with Crippen molar-refractivity contribution in [3.8, 4) is 10.8 Å². The van der Waals surface area contributed by atoms with Crippen LogP contribution in [0.2, 0.25) is 0 Å². The van der Waals surface area contributed by atoms with Gasteiger partial charge in [0, 0.05) is 6.42 Å². The maximum absolute atomic E-state index is 11.8. The molecule has 3 rings (SSSR count). The van der Waals surface area contributed by atoms with Crippen molar-refractivity contribution < 1.29 is 9.21 Å². The summed E-state index contributed by atoms with van der Waals surface area (Å²) < 4.78 is 5.67. The molecule has 1 saturated carbocycles. The fraction of sp³-hybridized carbons (Fsp3) is 0.538. The Morgan fingerprint density at radius 3 is 2.85 bits per heavy atom. The zero-order chi connectivity index (χ0) is 14.1. The van der Waals surface area contributed by atoms with E-state index < -0.39 is 0 Å². The summed E-state index contributed by atoms with van der Waals surface area (Å²) in [7, 11) is 0. The largest absolute Gasteiger partial charge is 0.410 e. The minimum absolute atomic E-state index is 0.0265. The summed E-state index contributed by atoms with van der Waals surface area (Å²) in [5, 5.41) is 9.55. The number of aromatic nitrogens is 3. The van der Waals surface area contributed by atoms with Gasteiger partial charge in [0.1, 0.15) is 10.7 Å². The molecule has 106 valence electrons. The van der Waals surface area contributed by atoms with Gasteiger partial charge in [-0.1, -0.05) is 18.2 Å². The van der Waals surface area contributed by atoms with Crippen LogP contribution in [0.4, 0.5) is 0 Å². The number of thioether (sulfide) groups is 1. The van der Waals surface area contributed by atoms with Crippen molar-refractivity contribution in [2.45, 2.75) is 50.0 Å². The molecule has 2 aromatic heterocycles. The lowest BCUT2D eigenvalue weighted by Crippen LogP contribution is -2.21.